The van der Waals surface area contributed by atoms with Gasteiger partial charge in [0.2, 0.25) is 5.95 Å². The maximum absolute atomic E-state index is 9.96. The monoisotopic (exact) mass is 336 g/mol. The quantitative estimate of drug-likeness (QED) is 0.583. The Morgan fingerprint density at radius 2 is 2.04 bits per heavy atom. The van der Waals surface area contributed by atoms with E-state index in [9.17, 15) is 5.11 Å². The maximum atomic E-state index is 9.96. The summed E-state index contributed by atoms with van der Waals surface area (Å²) in [5.74, 6) is 1.97. The summed E-state index contributed by atoms with van der Waals surface area (Å²) in [5, 5.41) is 21.4. The Bertz CT molecular complexity index is 923. The Balaban J connectivity index is 1.50. The summed E-state index contributed by atoms with van der Waals surface area (Å²) < 4.78 is 0. The van der Waals surface area contributed by atoms with Gasteiger partial charge in [0.15, 0.2) is 0 Å². The molecule has 0 spiro atoms. The molecule has 0 radical (unpaired) electrons. The van der Waals surface area contributed by atoms with Crippen molar-refractivity contribution in [3.05, 3.63) is 30.5 Å². The van der Waals surface area contributed by atoms with Crippen molar-refractivity contribution >= 4 is 22.7 Å². The van der Waals surface area contributed by atoms with Crippen LogP contribution in [0.4, 0.5) is 11.8 Å². The van der Waals surface area contributed by atoms with Crippen molar-refractivity contribution in [1.29, 1.82) is 0 Å². The lowest BCUT2D eigenvalue weighted by atomic mass is 9.93. The van der Waals surface area contributed by atoms with E-state index in [2.05, 4.69) is 25.5 Å². The van der Waals surface area contributed by atoms with Crippen LogP contribution in [0, 0.1) is 11.8 Å². The number of nitrogens with two attached hydrogens (primary N) is 1. The summed E-state index contributed by atoms with van der Waals surface area (Å²) in [6.45, 7) is 0. The number of aromatic amines is 1. The molecule has 7 nitrogen and oxygen atoms in total. The third-order valence-corrected chi connectivity index (χ3v) is 5.67. The standard InChI is InChI=1S/C18H20N6O/c19-18-22-15-6-9(13-3-4-20-24-13)1-2-12(15)17(23-18)21-14-7-11-5-10(14)8-16(11)25/h1-4,6,10-11,14,16,25H,5,7-8H2,(H,20,24)(H3,19,21,22,23)/t10-,11-,14-,16+/m1/s1. The molecule has 5 rings (SSSR count). The van der Waals surface area contributed by atoms with E-state index >= 15 is 0 Å². The number of aliphatic hydroxyl groups is 1. The molecule has 2 aliphatic rings. The Labute approximate surface area is 144 Å². The molecule has 0 unspecified atom stereocenters. The lowest BCUT2D eigenvalue weighted by Crippen LogP contribution is -2.31. The zero-order valence-corrected chi connectivity index (χ0v) is 13.7. The van der Waals surface area contributed by atoms with E-state index in [1.807, 2.05) is 24.3 Å². The molecule has 0 amide bonds. The molecule has 4 atom stereocenters. The largest absolute Gasteiger partial charge is 0.393 e. The van der Waals surface area contributed by atoms with Crippen LogP contribution in [0.2, 0.25) is 0 Å². The van der Waals surface area contributed by atoms with Crippen LogP contribution in [0.3, 0.4) is 0 Å². The number of nitrogen functional groups attached to an aromatic ring is 1. The van der Waals surface area contributed by atoms with Gasteiger partial charge in [-0.2, -0.15) is 10.1 Å². The predicted molar refractivity (Wildman–Crippen MR) is 95.8 cm³/mol. The van der Waals surface area contributed by atoms with E-state index in [0.29, 0.717) is 17.9 Å². The van der Waals surface area contributed by atoms with Crippen molar-refractivity contribution in [2.45, 2.75) is 31.4 Å². The molecule has 0 saturated heterocycles. The van der Waals surface area contributed by atoms with E-state index in [-0.39, 0.29) is 12.1 Å². The number of rotatable bonds is 3. The number of aromatic nitrogens is 4. The average molecular weight is 336 g/mol. The molecule has 5 N–H and O–H groups in total. The van der Waals surface area contributed by atoms with Gasteiger partial charge in [-0.25, -0.2) is 4.98 Å². The van der Waals surface area contributed by atoms with Crippen LogP contribution >= 0.6 is 0 Å². The highest BCUT2D eigenvalue weighted by Gasteiger charge is 2.45. The molecule has 2 aromatic heterocycles. The van der Waals surface area contributed by atoms with Crippen molar-refractivity contribution < 1.29 is 5.11 Å². The second kappa shape index (κ2) is 5.42. The van der Waals surface area contributed by atoms with E-state index in [4.69, 9.17) is 5.73 Å². The Morgan fingerprint density at radius 1 is 1.12 bits per heavy atom. The Kier molecular flexibility index (Phi) is 3.18. The fraction of sp³-hybridized carbons (Fsp3) is 0.389. The van der Waals surface area contributed by atoms with E-state index < -0.39 is 0 Å². The number of hydrogen-bond acceptors (Lipinski definition) is 6. The molecular formula is C18H20N6O. The van der Waals surface area contributed by atoms with Gasteiger partial charge < -0.3 is 16.2 Å². The van der Waals surface area contributed by atoms with Gasteiger partial charge in [-0.05, 0) is 49.3 Å². The fourth-order valence-corrected chi connectivity index (χ4v) is 4.44. The zero-order chi connectivity index (χ0) is 17.0. The second-order valence-corrected chi connectivity index (χ2v) is 7.18. The third kappa shape index (κ3) is 2.42. The molecule has 2 heterocycles. The highest BCUT2D eigenvalue weighted by atomic mass is 16.3. The number of aliphatic hydroxyl groups excluding tert-OH is 1. The van der Waals surface area contributed by atoms with Crippen molar-refractivity contribution in [2.24, 2.45) is 11.8 Å². The molecular weight excluding hydrogens is 316 g/mol. The molecule has 0 aliphatic heterocycles. The van der Waals surface area contributed by atoms with Crippen molar-refractivity contribution in [3.8, 4) is 11.3 Å². The number of nitrogens with one attached hydrogen (secondary N) is 2. The third-order valence-electron chi connectivity index (χ3n) is 5.67. The molecule has 2 aliphatic carbocycles. The lowest BCUT2D eigenvalue weighted by molar-refractivity contribution is 0.110. The molecule has 2 saturated carbocycles. The van der Waals surface area contributed by atoms with Gasteiger partial charge in [0.25, 0.3) is 0 Å². The predicted octanol–water partition coefficient (Wildman–Crippen LogP) is 2.17. The van der Waals surface area contributed by atoms with Gasteiger partial charge in [0, 0.05) is 23.2 Å². The van der Waals surface area contributed by atoms with E-state index in [0.717, 1.165) is 47.2 Å². The minimum absolute atomic E-state index is 0.132. The summed E-state index contributed by atoms with van der Waals surface area (Å²) >= 11 is 0. The van der Waals surface area contributed by atoms with Crippen molar-refractivity contribution in [2.75, 3.05) is 11.1 Å². The van der Waals surface area contributed by atoms with Gasteiger partial charge in [0.1, 0.15) is 5.82 Å². The normalized spacial score (nSPS) is 27.9. The Hall–Kier alpha value is -2.67. The van der Waals surface area contributed by atoms with Gasteiger partial charge in [-0.1, -0.05) is 6.07 Å². The number of anilines is 2. The smallest absolute Gasteiger partial charge is 0.222 e. The first-order chi connectivity index (χ1) is 12.2. The molecule has 2 bridgehead atoms. The van der Waals surface area contributed by atoms with Crippen LogP contribution in [0.25, 0.3) is 22.2 Å². The number of nitrogens with zero attached hydrogens (tertiary/aromatic N) is 3. The molecule has 3 aromatic rings. The molecule has 1 aromatic carbocycles. The number of hydrogen-bond donors (Lipinski definition) is 4. The van der Waals surface area contributed by atoms with Crippen molar-refractivity contribution in [3.63, 3.8) is 0 Å². The fourth-order valence-electron chi connectivity index (χ4n) is 4.44. The van der Waals surface area contributed by atoms with Crippen LogP contribution in [0.1, 0.15) is 19.3 Å². The van der Waals surface area contributed by atoms with E-state index in [1.54, 1.807) is 6.20 Å². The van der Waals surface area contributed by atoms with Crippen LogP contribution < -0.4 is 11.1 Å². The zero-order valence-electron chi connectivity index (χ0n) is 13.7. The first-order valence-corrected chi connectivity index (χ1v) is 8.69. The molecule has 25 heavy (non-hydrogen) atoms. The second-order valence-electron chi connectivity index (χ2n) is 7.18. The van der Waals surface area contributed by atoms with Crippen LogP contribution in [0.15, 0.2) is 30.5 Å². The minimum Gasteiger partial charge on any atom is -0.393 e. The van der Waals surface area contributed by atoms with Gasteiger partial charge in [-0.3, -0.25) is 5.10 Å². The summed E-state index contributed by atoms with van der Waals surface area (Å²) in [5.41, 5.74) is 8.71. The lowest BCUT2D eigenvalue weighted by Gasteiger charge is -2.26. The maximum Gasteiger partial charge on any atom is 0.222 e. The Morgan fingerprint density at radius 3 is 2.76 bits per heavy atom. The average Bonchev–Trinajstić information content (AvgIpc) is 3.31. The number of H-pyrrole nitrogens is 1. The summed E-state index contributed by atoms with van der Waals surface area (Å²) in [7, 11) is 0. The van der Waals surface area contributed by atoms with Gasteiger partial charge in [0.05, 0.1) is 17.3 Å². The number of benzene rings is 1. The van der Waals surface area contributed by atoms with E-state index in [1.165, 1.54) is 0 Å². The van der Waals surface area contributed by atoms with Crippen LogP contribution in [-0.2, 0) is 0 Å². The summed E-state index contributed by atoms with van der Waals surface area (Å²) in [6.07, 6.45) is 4.56. The van der Waals surface area contributed by atoms with Gasteiger partial charge >= 0.3 is 0 Å². The molecule has 7 heteroatoms. The SMILES string of the molecule is Nc1nc(N[C@@H]2C[C@H]3C[C@@H]2C[C@@H]3O)c2ccc(-c3ccn[nH]3)cc2n1. The van der Waals surface area contributed by atoms with Crippen molar-refractivity contribution in [1.82, 2.24) is 20.2 Å². The van der Waals surface area contributed by atoms with Crippen LogP contribution in [0.5, 0.6) is 0 Å². The van der Waals surface area contributed by atoms with Crippen LogP contribution in [-0.4, -0.2) is 37.4 Å². The number of fused-ring (bicyclic) bond motifs is 3. The highest BCUT2D eigenvalue weighted by molar-refractivity contribution is 5.92. The summed E-state index contributed by atoms with van der Waals surface area (Å²) in [6, 6.07) is 8.32. The highest BCUT2D eigenvalue weighted by Crippen LogP contribution is 2.46. The topological polar surface area (TPSA) is 113 Å². The molecule has 128 valence electrons. The molecule has 2 fully saturated rings. The minimum atomic E-state index is -0.132. The first-order valence-electron chi connectivity index (χ1n) is 8.69. The van der Waals surface area contributed by atoms with Gasteiger partial charge in [-0.15, -0.1) is 0 Å². The summed E-state index contributed by atoms with van der Waals surface area (Å²) in [4.78, 5) is 8.83. The first kappa shape index (κ1) is 14.7.